The molecule has 5 nitrogen and oxygen atoms in total. The monoisotopic (exact) mass is 268 g/mol. The van der Waals surface area contributed by atoms with Gasteiger partial charge in [-0.2, -0.15) is 0 Å². The third kappa shape index (κ3) is 2.73. The molecule has 96 valence electrons. The number of benzene rings is 1. The summed E-state index contributed by atoms with van der Waals surface area (Å²) >= 11 is 5.74. The first-order valence-corrected chi connectivity index (χ1v) is 6.02. The lowest BCUT2D eigenvalue weighted by atomic mass is 10.2. The zero-order valence-electron chi connectivity index (χ0n) is 9.60. The third-order valence-corrected chi connectivity index (χ3v) is 3.15. The van der Waals surface area contributed by atoms with Crippen molar-refractivity contribution in [3.63, 3.8) is 0 Å². The van der Waals surface area contributed by atoms with E-state index in [0.717, 1.165) is 0 Å². The second-order valence-corrected chi connectivity index (χ2v) is 4.56. The second kappa shape index (κ2) is 5.27. The van der Waals surface area contributed by atoms with E-state index >= 15 is 0 Å². The van der Waals surface area contributed by atoms with Gasteiger partial charge in [0.25, 0.3) is 0 Å². The SMILES string of the molecule is O=C(O)[C@@H]1CCCN1C(=O)Nc1ccc(Cl)cc1. The van der Waals surface area contributed by atoms with Crippen molar-refractivity contribution in [3.8, 4) is 0 Å². The van der Waals surface area contributed by atoms with Crippen LogP contribution in [-0.2, 0) is 4.79 Å². The first kappa shape index (κ1) is 12.7. The van der Waals surface area contributed by atoms with Gasteiger partial charge in [0.15, 0.2) is 0 Å². The van der Waals surface area contributed by atoms with Gasteiger partial charge in [-0.15, -0.1) is 0 Å². The van der Waals surface area contributed by atoms with Gasteiger partial charge in [-0.1, -0.05) is 11.6 Å². The minimum Gasteiger partial charge on any atom is -0.480 e. The molecule has 1 aliphatic heterocycles. The van der Waals surface area contributed by atoms with Crippen LogP contribution in [0, 0.1) is 0 Å². The molecule has 1 fully saturated rings. The van der Waals surface area contributed by atoms with Gasteiger partial charge in [0.1, 0.15) is 6.04 Å². The van der Waals surface area contributed by atoms with Crippen LogP contribution in [0.2, 0.25) is 5.02 Å². The summed E-state index contributed by atoms with van der Waals surface area (Å²) in [6.07, 6.45) is 1.22. The van der Waals surface area contributed by atoms with E-state index in [2.05, 4.69) is 5.32 Å². The summed E-state index contributed by atoms with van der Waals surface area (Å²) in [5, 5.41) is 12.2. The smallest absolute Gasteiger partial charge is 0.326 e. The molecule has 1 aliphatic rings. The number of anilines is 1. The zero-order chi connectivity index (χ0) is 13.1. The van der Waals surface area contributed by atoms with Crippen molar-refractivity contribution in [3.05, 3.63) is 29.3 Å². The number of hydrogen-bond acceptors (Lipinski definition) is 2. The summed E-state index contributed by atoms with van der Waals surface area (Å²) in [6.45, 7) is 0.469. The maximum Gasteiger partial charge on any atom is 0.326 e. The van der Waals surface area contributed by atoms with E-state index in [1.165, 1.54) is 4.90 Å². The van der Waals surface area contributed by atoms with Crippen molar-refractivity contribution in [2.24, 2.45) is 0 Å². The quantitative estimate of drug-likeness (QED) is 0.865. The van der Waals surface area contributed by atoms with Gasteiger partial charge in [-0.05, 0) is 37.1 Å². The number of nitrogens with zero attached hydrogens (tertiary/aromatic N) is 1. The summed E-state index contributed by atoms with van der Waals surface area (Å²) in [7, 11) is 0. The standard InChI is InChI=1S/C12H13ClN2O3/c13-8-3-5-9(6-4-8)14-12(18)15-7-1-2-10(15)11(16)17/h3-6,10H,1-2,7H2,(H,14,18)(H,16,17)/t10-/m0/s1. The molecule has 0 bridgehead atoms. The Bertz CT molecular complexity index is 461. The van der Waals surface area contributed by atoms with E-state index in [4.69, 9.17) is 16.7 Å². The summed E-state index contributed by atoms with van der Waals surface area (Å²) < 4.78 is 0. The Labute approximate surface area is 109 Å². The lowest BCUT2D eigenvalue weighted by Crippen LogP contribution is -2.42. The molecule has 0 aromatic heterocycles. The molecule has 1 heterocycles. The fourth-order valence-electron chi connectivity index (χ4n) is 2.00. The highest BCUT2D eigenvalue weighted by Crippen LogP contribution is 2.20. The molecular weight excluding hydrogens is 256 g/mol. The number of aliphatic carboxylic acids is 1. The second-order valence-electron chi connectivity index (χ2n) is 4.13. The van der Waals surface area contributed by atoms with Gasteiger partial charge in [-0.3, -0.25) is 0 Å². The Morgan fingerprint density at radius 1 is 1.33 bits per heavy atom. The van der Waals surface area contributed by atoms with Crippen molar-refractivity contribution >= 4 is 29.3 Å². The van der Waals surface area contributed by atoms with Crippen LogP contribution < -0.4 is 5.32 Å². The number of nitrogens with one attached hydrogen (secondary N) is 1. The van der Waals surface area contributed by atoms with E-state index < -0.39 is 12.0 Å². The summed E-state index contributed by atoms with van der Waals surface area (Å²) in [6, 6.07) is 5.56. The maximum atomic E-state index is 11.9. The van der Waals surface area contributed by atoms with Gasteiger partial charge >= 0.3 is 12.0 Å². The normalized spacial score (nSPS) is 18.7. The van der Waals surface area contributed by atoms with Crippen molar-refractivity contribution in [2.45, 2.75) is 18.9 Å². The maximum absolute atomic E-state index is 11.9. The summed E-state index contributed by atoms with van der Waals surface area (Å²) in [5.74, 6) is -0.959. The topological polar surface area (TPSA) is 69.6 Å². The van der Waals surface area contributed by atoms with Crippen LogP contribution in [0.3, 0.4) is 0 Å². The molecule has 0 spiro atoms. The highest BCUT2D eigenvalue weighted by atomic mass is 35.5. The highest BCUT2D eigenvalue weighted by Gasteiger charge is 2.33. The average Bonchev–Trinajstić information content (AvgIpc) is 2.81. The molecule has 18 heavy (non-hydrogen) atoms. The highest BCUT2D eigenvalue weighted by molar-refractivity contribution is 6.30. The number of urea groups is 1. The molecule has 1 aromatic rings. The minimum atomic E-state index is -0.959. The Morgan fingerprint density at radius 2 is 2.00 bits per heavy atom. The van der Waals surface area contributed by atoms with Crippen LogP contribution in [0.15, 0.2) is 24.3 Å². The first-order valence-electron chi connectivity index (χ1n) is 5.64. The lowest BCUT2D eigenvalue weighted by molar-refractivity contribution is -0.141. The number of carbonyl (C=O) groups excluding carboxylic acids is 1. The molecule has 1 saturated heterocycles. The van der Waals surface area contributed by atoms with E-state index in [9.17, 15) is 9.59 Å². The van der Waals surface area contributed by atoms with Crippen LogP contribution in [0.1, 0.15) is 12.8 Å². The molecule has 0 aliphatic carbocycles. The molecule has 1 aromatic carbocycles. The molecule has 2 N–H and O–H groups in total. The first-order chi connectivity index (χ1) is 8.58. The molecule has 0 radical (unpaired) electrons. The van der Waals surface area contributed by atoms with Gasteiger partial charge in [0.05, 0.1) is 0 Å². The number of carboxylic acids is 1. The van der Waals surface area contributed by atoms with Crippen LogP contribution in [0.4, 0.5) is 10.5 Å². The number of carbonyl (C=O) groups is 2. The van der Waals surface area contributed by atoms with E-state index in [0.29, 0.717) is 30.1 Å². The molecule has 1 atom stereocenters. The largest absolute Gasteiger partial charge is 0.480 e. The van der Waals surface area contributed by atoms with Gasteiger partial charge in [-0.25, -0.2) is 9.59 Å². The van der Waals surface area contributed by atoms with Crippen molar-refractivity contribution in [2.75, 3.05) is 11.9 Å². The molecule has 0 saturated carbocycles. The van der Waals surface area contributed by atoms with Crippen molar-refractivity contribution in [1.82, 2.24) is 4.90 Å². The van der Waals surface area contributed by atoms with Crippen LogP contribution >= 0.6 is 11.6 Å². The number of rotatable bonds is 2. The van der Waals surface area contributed by atoms with E-state index in [-0.39, 0.29) is 6.03 Å². The summed E-state index contributed by atoms with van der Waals surface area (Å²) in [4.78, 5) is 24.3. The minimum absolute atomic E-state index is 0.387. The third-order valence-electron chi connectivity index (χ3n) is 2.89. The van der Waals surface area contributed by atoms with E-state index in [1.807, 2.05) is 0 Å². The summed E-state index contributed by atoms with van der Waals surface area (Å²) in [5.41, 5.74) is 0.598. The van der Waals surface area contributed by atoms with E-state index in [1.54, 1.807) is 24.3 Å². The van der Waals surface area contributed by atoms with Crippen LogP contribution in [0.5, 0.6) is 0 Å². The number of hydrogen-bond donors (Lipinski definition) is 2. The molecular formula is C12H13ClN2O3. The van der Waals surface area contributed by atoms with Crippen molar-refractivity contribution in [1.29, 1.82) is 0 Å². The predicted octanol–water partition coefficient (Wildman–Crippen LogP) is 2.42. The molecule has 6 heteroatoms. The van der Waals surface area contributed by atoms with Gasteiger partial charge < -0.3 is 15.3 Å². The average molecular weight is 269 g/mol. The molecule has 2 rings (SSSR count). The Balaban J connectivity index is 2.03. The predicted molar refractivity (Wildman–Crippen MR) is 67.8 cm³/mol. The van der Waals surface area contributed by atoms with Crippen LogP contribution in [-0.4, -0.2) is 34.6 Å². The number of likely N-dealkylation sites (tertiary alicyclic amines) is 1. The fraction of sp³-hybridized carbons (Fsp3) is 0.333. The number of carboxylic acid groups (broad SMARTS) is 1. The Morgan fingerprint density at radius 3 is 2.61 bits per heavy atom. The van der Waals surface area contributed by atoms with Crippen molar-refractivity contribution < 1.29 is 14.7 Å². The molecule has 0 unspecified atom stereocenters. The zero-order valence-corrected chi connectivity index (χ0v) is 10.4. The fourth-order valence-corrected chi connectivity index (χ4v) is 2.12. The van der Waals surface area contributed by atoms with Crippen LogP contribution in [0.25, 0.3) is 0 Å². The lowest BCUT2D eigenvalue weighted by Gasteiger charge is -2.21. The number of amides is 2. The Hall–Kier alpha value is -1.75. The van der Waals surface area contributed by atoms with Gasteiger partial charge in [0.2, 0.25) is 0 Å². The number of halogens is 1. The van der Waals surface area contributed by atoms with Gasteiger partial charge in [0, 0.05) is 17.3 Å². The Kier molecular flexibility index (Phi) is 3.72. The molecule has 2 amide bonds.